The van der Waals surface area contributed by atoms with Crippen molar-refractivity contribution in [3.63, 3.8) is 0 Å². The molecule has 30 heteroatoms. The van der Waals surface area contributed by atoms with Gasteiger partial charge in [-0.05, 0) is 135 Å². The molecule has 0 aliphatic carbocycles. The molecule has 3 aromatic heterocycles. The minimum Gasteiger partial charge on any atom is -0.476 e. The van der Waals surface area contributed by atoms with Crippen molar-refractivity contribution in [2.45, 2.75) is 122 Å². The molecule has 5 amide bonds. The number of carbonyl (C=O) groups is 5. The number of aromatic nitrogens is 3. The number of H-pyrrole nitrogens is 1. The molecule has 0 unspecified atom stereocenters. The molecule has 8 heterocycles. The number of aromatic amines is 1. The molecule has 4 aromatic carbocycles. The Morgan fingerprint density at radius 2 is 1.61 bits per heavy atom. The number of nitro benzene ring substituents is 1. The summed E-state index contributed by atoms with van der Waals surface area (Å²) in [7, 11) is -4.70. The van der Waals surface area contributed by atoms with Crippen molar-refractivity contribution in [1.82, 2.24) is 49.9 Å². The van der Waals surface area contributed by atoms with Crippen LogP contribution in [0.4, 0.5) is 28.4 Å². The summed E-state index contributed by atoms with van der Waals surface area (Å²) in [6.45, 7) is 21.3. The zero-order valence-electron chi connectivity index (χ0n) is 61.5. The summed E-state index contributed by atoms with van der Waals surface area (Å²) < 4.78 is 49.0. The molecule has 7 aromatic rings. The number of carbonyl (C=O) groups excluding carboxylic acids is 5. The van der Waals surface area contributed by atoms with E-state index in [1.807, 2.05) is 100 Å². The highest BCUT2D eigenvalue weighted by atomic mass is 35.5. The fourth-order valence-electron chi connectivity index (χ4n) is 14.4. The lowest BCUT2D eigenvalue weighted by atomic mass is 9.85. The predicted octanol–water partition coefficient (Wildman–Crippen LogP) is 9.48. The molecule has 0 saturated carbocycles. The van der Waals surface area contributed by atoms with Gasteiger partial charge in [-0.3, -0.25) is 43.9 Å². The highest BCUT2D eigenvalue weighted by molar-refractivity contribution is 7.90. The van der Waals surface area contributed by atoms with Gasteiger partial charge in [0.15, 0.2) is 0 Å². The number of pyridine rings is 1. The Balaban J connectivity index is 0.598. The fourth-order valence-corrected chi connectivity index (χ4v) is 16.4. The van der Waals surface area contributed by atoms with E-state index >= 15 is 0 Å². The lowest BCUT2D eigenvalue weighted by Gasteiger charge is -2.39. The van der Waals surface area contributed by atoms with Gasteiger partial charge in [0.2, 0.25) is 29.5 Å². The summed E-state index contributed by atoms with van der Waals surface area (Å²) in [5.41, 5.74) is 9.35. The zero-order valence-corrected chi connectivity index (χ0v) is 63.9. The first kappa shape index (κ1) is 77.5. The number of hydrogen-bond donors (Lipinski definition) is 6. The smallest absolute Gasteiger partial charge is 0.293 e. The number of anilines is 4. The molecule has 12 rings (SSSR count). The molecule has 5 aliphatic heterocycles. The third kappa shape index (κ3) is 18.9. The second kappa shape index (κ2) is 33.6. The van der Waals surface area contributed by atoms with E-state index in [4.69, 9.17) is 30.8 Å². The van der Waals surface area contributed by atoms with Crippen molar-refractivity contribution in [2.75, 3.05) is 127 Å². The Morgan fingerprint density at radius 3 is 2.33 bits per heavy atom. The van der Waals surface area contributed by atoms with Gasteiger partial charge in [0.1, 0.15) is 29.1 Å². The van der Waals surface area contributed by atoms with Gasteiger partial charge in [-0.2, -0.15) is 4.98 Å². The molecule has 570 valence electrons. The SMILES string of the molecule is Cc1ncsc1-c1ccc([C@H](C)NC(=O)[C@@H]2C[C@@H](O)CN2C(=O)[C@@H](NC(=O)CCOCCC(=O)N2CCN(CCCNc3ccc(S(=O)(=O)NC(=O)c4ccc(N5CCN(CC6=C(c7ccc(Cl)cc7)CC(C)(C)OC6)CC5)cc4N4CCCOc5nc6[nH]ccc6cc54)cc3[N+](=O)[O-])CC2)C(C)(C)C)cc1. The van der Waals surface area contributed by atoms with Gasteiger partial charge in [0.05, 0.1) is 87.7 Å². The largest absolute Gasteiger partial charge is 0.476 e. The maximum absolute atomic E-state index is 14.7. The average molecular weight is 1520 g/mol. The molecule has 5 aliphatic rings. The Kier molecular flexibility index (Phi) is 24.4. The summed E-state index contributed by atoms with van der Waals surface area (Å²) in [4.78, 5) is 106. The Labute approximate surface area is 632 Å². The third-order valence-electron chi connectivity index (χ3n) is 20.5. The zero-order chi connectivity index (χ0) is 75.9. The number of thiazole rings is 1. The number of amides is 5. The van der Waals surface area contributed by atoms with Crippen LogP contribution in [0.2, 0.25) is 5.02 Å². The van der Waals surface area contributed by atoms with Gasteiger partial charge in [0.25, 0.3) is 21.6 Å². The number of likely N-dealkylation sites (tertiary alicyclic amines) is 1. The third-order valence-corrected chi connectivity index (χ3v) is 23.0. The summed E-state index contributed by atoms with van der Waals surface area (Å²) in [5, 5.41) is 33.8. The van der Waals surface area contributed by atoms with E-state index in [2.05, 4.69) is 71.3 Å². The molecule has 4 atom stereocenters. The molecular formula is C77H95ClN14O13S2. The number of ether oxygens (including phenoxy) is 3. The van der Waals surface area contributed by atoms with Crippen molar-refractivity contribution < 1.29 is 56.6 Å². The first-order chi connectivity index (χ1) is 51.1. The van der Waals surface area contributed by atoms with Crippen LogP contribution in [0.5, 0.6) is 5.88 Å². The summed E-state index contributed by atoms with van der Waals surface area (Å²) in [6.07, 6.45) is 2.80. The number of nitrogens with zero attached hydrogens (tertiary/aromatic N) is 9. The summed E-state index contributed by atoms with van der Waals surface area (Å²) >= 11 is 7.84. The molecule has 0 radical (unpaired) electrons. The van der Waals surface area contributed by atoms with E-state index in [-0.39, 0.29) is 61.8 Å². The molecule has 107 heavy (non-hydrogen) atoms. The Hall–Kier alpha value is -9.07. The number of halogens is 1. The Morgan fingerprint density at radius 1 is 0.879 bits per heavy atom. The topological polar surface area (TPSA) is 320 Å². The first-order valence-corrected chi connectivity index (χ1v) is 39.3. The first-order valence-electron chi connectivity index (χ1n) is 36.5. The number of rotatable bonds is 26. The summed E-state index contributed by atoms with van der Waals surface area (Å²) in [6, 6.07) is 26.1. The maximum Gasteiger partial charge on any atom is 0.293 e. The van der Waals surface area contributed by atoms with Crippen LogP contribution in [-0.4, -0.2) is 218 Å². The van der Waals surface area contributed by atoms with Crippen LogP contribution in [0, 0.1) is 22.5 Å². The summed E-state index contributed by atoms with van der Waals surface area (Å²) in [5.74, 6) is -2.02. The van der Waals surface area contributed by atoms with Crippen molar-refractivity contribution in [1.29, 1.82) is 0 Å². The Bertz CT molecular complexity index is 4550. The van der Waals surface area contributed by atoms with Crippen LogP contribution in [0.3, 0.4) is 0 Å². The predicted molar refractivity (Wildman–Crippen MR) is 412 cm³/mol. The number of piperazine rings is 2. The monoisotopic (exact) mass is 1520 g/mol. The van der Waals surface area contributed by atoms with Crippen LogP contribution in [0.1, 0.15) is 113 Å². The number of aliphatic hydroxyl groups excluding tert-OH is 1. The van der Waals surface area contributed by atoms with E-state index in [0.29, 0.717) is 113 Å². The number of hydrogen-bond acceptors (Lipinski definition) is 21. The van der Waals surface area contributed by atoms with Crippen LogP contribution in [-0.2, 0) is 38.7 Å². The lowest BCUT2D eigenvalue weighted by molar-refractivity contribution is -0.384. The average Bonchev–Trinajstić information content (AvgIpc) is 1.77. The second-order valence-electron chi connectivity index (χ2n) is 29.7. The molecule has 3 fully saturated rings. The van der Waals surface area contributed by atoms with E-state index in [0.717, 1.165) is 70.5 Å². The minimum atomic E-state index is -4.70. The molecule has 0 bridgehead atoms. The number of β-amino-alcohol motifs (C(OH)–C–C–N with tert-alkyl or cyclic N) is 1. The van der Waals surface area contributed by atoms with E-state index in [1.54, 1.807) is 34.0 Å². The number of nitro groups is 1. The van der Waals surface area contributed by atoms with Crippen molar-refractivity contribution >= 4 is 108 Å². The quantitative estimate of drug-likeness (QED) is 0.0167. The molecule has 27 nitrogen and oxygen atoms in total. The fraction of sp³-hybridized carbons (Fsp3) is 0.468. The van der Waals surface area contributed by atoms with E-state index < -0.39 is 78.8 Å². The van der Waals surface area contributed by atoms with Crippen LogP contribution >= 0.6 is 22.9 Å². The molecule has 0 spiro atoms. The van der Waals surface area contributed by atoms with Gasteiger partial charge in [0, 0.05) is 126 Å². The highest BCUT2D eigenvalue weighted by Crippen LogP contribution is 2.42. The van der Waals surface area contributed by atoms with E-state index in [9.17, 15) is 47.6 Å². The standard InChI is InChI=1S/C77H95ClN14O13S2/c1-49(51-10-12-53(13-11-51)69-50(2)81-48-106-69)82-73(97)65-42-58(93)46-91(65)75(98)70(76(3,4)5)83-67(94)23-38-103-39-24-68(95)89-35-29-86(30-36-89)27-8-25-79-62-21-19-59(43-64(62)92(99)100)107(101,102)85-72(96)60-20-18-57(41-63(60)90-28-9-37-104-74-66(90)40-54-22-26-80-71(54)84-74)88-33-31-87(32-34-88)45-55-47-105-77(6,7)44-61(55)52-14-16-56(78)17-15-52/h10-22,26,40-41,43,48-49,58,65,70,79,93H,8-9,23-25,27-39,42,44-47H2,1-7H3,(H,80,84)(H,82,97)(H,83,94)(H,85,96)/t49-,58+,65-,70+/m0/s1. The minimum absolute atomic E-state index is 0.00239. The van der Waals surface area contributed by atoms with Gasteiger partial charge >= 0.3 is 0 Å². The molecule has 3 saturated heterocycles. The van der Waals surface area contributed by atoms with Gasteiger partial charge in [-0.1, -0.05) is 68.8 Å². The maximum atomic E-state index is 14.7. The van der Waals surface area contributed by atoms with Crippen LogP contribution in [0.15, 0.2) is 119 Å². The number of benzene rings is 4. The van der Waals surface area contributed by atoms with Gasteiger partial charge in [-0.15, -0.1) is 11.3 Å². The van der Waals surface area contributed by atoms with E-state index in [1.165, 1.54) is 28.2 Å². The number of nitrogens with one attached hydrogen (secondary N) is 5. The normalized spacial score (nSPS) is 18.7. The van der Waals surface area contributed by atoms with Crippen molar-refractivity contribution in [2.24, 2.45) is 5.41 Å². The van der Waals surface area contributed by atoms with Gasteiger partial charge < -0.3 is 59.9 Å². The molecular weight excluding hydrogens is 1430 g/mol. The number of aryl methyl sites for hydroxylation is 1. The van der Waals surface area contributed by atoms with Gasteiger partial charge in [-0.25, -0.2) is 18.1 Å². The van der Waals surface area contributed by atoms with Crippen molar-refractivity contribution in [3.05, 3.63) is 152 Å². The lowest BCUT2D eigenvalue weighted by Crippen LogP contribution is -2.58. The van der Waals surface area contributed by atoms with Crippen LogP contribution in [0.25, 0.3) is 27.0 Å². The number of sulfonamides is 1. The number of fused-ring (bicyclic) bond motifs is 2. The molecule has 6 N–H and O–H groups in total. The van der Waals surface area contributed by atoms with Crippen molar-refractivity contribution in [3.8, 4) is 16.3 Å². The number of aliphatic hydroxyl groups is 1. The highest BCUT2D eigenvalue weighted by Gasteiger charge is 2.45. The second-order valence-corrected chi connectivity index (χ2v) is 32.7. The van der Waals surface area contributed by atoms with Crippen LogP contribution < -0.4 is 35.2 Å².